The highest BCUT2D eigenvalue weighted by atomic mass is 16.5. The number of fused-ring (bicyclic) bond motifs is 2. The molecular weight excluding hydrogens is 430 g/mol. The third kappa shape index (κ3) is 4.59. The van der Waals surface area contributed by atoms with Gasteiger partial charge in [0.25, 0.3) is 5.56 Å². The number of nitrogens with one attached hydrogen (secondary N) is 2. The average Bonchev–Trinajstić information content (AvgIpc) is 3.32. The number of aromatic amines is 1. The number of benzene rings is 2. The van der Waals surface area contributed by atoms with E-state index in [4.69, 9.17) is 4.74 Å². The van der Waals surface area contributed by atoms with Crippen LogP contribution < -0.4 is 21.3 Å². The third-order valence-corrected chi connectivity index (χ3v) is 6.46. The van der Waals surface area contributed by atoms with Crippen molar-refractivity contribution in [1.82, 2.24) is 24.8 Å². The molecule has 34 heavy (non-hydrogen) atoms. The van der Waals surface area contributed by atoms with Crippen LogP contribution in [0.3, 0.4) is 0 Å². The fourth-order valence-electron chi connectivity index (χ4n) is 4.59. The first-order valence-electron chi connectivity index (χ1n) is 11.9. The molecule has 0 radical (unpaired) electrons. The van der Waals surface area contributed by atoms with Crippen molar-refractivity contribution in [2.75, 3.05) is 6.54 Å². The van der Waals surface area contributed by atoms with Gasteiger partial charge < -0.3 is 14.6 Å². The number of aryl methyl sites for hydroxylation is 2. The lowest BCUT2D eigenvalue weighted by molar-refractivity contribution is 0.209. The van der Waals surface area contributed by atoms with Crippen LogP contribution in [0.5, 0.6) is 5.75 Å². The molecular formula is C26H29N5O3. The lowest BCUT2D eigenvalue weighted by atomic mass is 10.1. The van der Waals surface area contributed by atoms with Crippen LogP contribution in [-0.2, 0) is 13.1 Å². The largest absolute Gasteiger partial charge is 0.490 e. The zero-order valence-electron chi connectivity index (χ0n) is 19.6. The van der Waals surface area contributed by atoms with Gasteiger partial charge in [-0.15, -0.1) is 0 Å². The van der Waals surface area contributed by atoms with Crippen molar-refractivity contribution in [2.45, 2.75) is 58.7 Å². The number of rotatable bonds is 7. The Morgan fingerprint density at radius 2 is 1.85 bits per heavy atom. The number of aromatic nitrogens is 4. The molecule has 2 heterocycles. The van der Waals surface area contributed by atoms with E-state index in [1.54, 1.807) is 0 Å². The highest BCUT2D eigenvalue weighted by molar-refractivity contribution is 5.82. The molecule has 176 valence electrons. The second kappa shape index (κ2) is 9.38. The molecule has 1 aliphatic carbocycles. The summed E-state index contributed by atoms with van der Waals surface area (Å²) in [5.41, 5.74) is 3.82. The van der Waals surface area contributed by atoms with E-state index >= 15 is 0 Å². The van der Waals surface area contributed by atoms with Gasteiger partial charge in [-0.25, -0.2) is 9.78 Å². The van der Waals surface area contributed by atoms with Gasteiger partial charge in [0, 0.05) is 25.7 Å². The van der Waals surface area contributed by atoms with Crippen LogP contribution in [0.4, 0.5) is 0 Å². The van der Waals surface area contributed by atoms with Crippen LogP contribution in [0, 0.1) is 13.8 Å². The summed E-state index contributed by atoms with van der Waals surface area (Å²) in [6.45, 7) is 5.92. The minimum Gasteiger partial charge on any atom is -0.490 e. The summed E-state index contributed by atoms with van der Waals surface area (Å²) in [4.78, 5) is 35.4. The summed E-state index contributed by atoms with van der Waals surface area (Å²) in [6, 6.07) is 12.3. The van der Waals surface area contributed by atoms with Gasteiger partial charge >= 0.3 is 5.69 Å². The van der Waals surface area contributed by atoms with E-state index in [2.05, 4.69) is 51.5 Å². The lowest BCUT2D eigenvalue weighted by Gasteiger charge is -2.20. The van der Waals surface area contributed by atoms with Crippen molar-refractivity contribution in [3.63, 3.8) is 0 Å². The normalized spacial score (nSPS) is 14.3. The maximum absolute atomic E-state index is 12.5. The van der Waals surface area contributed by atoms with Crippen LogP contribution in [0.25, 0.3) is 22.6 Å². The van der Waals surface area contributed by atoms with Crippen LogP contribution in [0.1, 0.15) is 42.4 Å². The molecule has 1 fully saturated rings. The molecule has 3 aliphatic rings. The molecule has 0 spiro atoms. The SMILES string of the molecule is Cc1ccc(CNCCn2c3nc(=O)[nH]c(=O)c-3nc3cc(C)c(OC4CCCC4)cc32)cc1. The fraction of sp³-hybridized carbons (Fsp3) is 0.385. The fourth-order valence-corrected chi connectivity index (χ4v) is 4.59. The van der Waals surface area contributed by atoms with E-state index in [9.17, 15) is 9.59 Å². The summed E-state index contributed by atoms with van der Waals surface area (Å²) in [7, 11) is 0. The number of ether oxygens (including phenoxy) is 1. The number of H-pyrrole nitrogens is 1. The van der Waals surface area contributed by atoms with Gasteiger partial charge in [0.05, 0.1) is 17.1 Å². The monoisotopic (exact) mass is 459 g/mol. The van der Waals surface area contributed by atoms with Crippen molar-refractivity contribution < 1.29 is 4.74 Å². The van der Waals surface area contributed by atoms with Gasteiger partial charge in [0.15, 0.2) is 11.5 Å². The topological polar surface area (TPSA) is 102 Å². The smallest absolute Gasteiger partial charge is 0.349 e. The quantitative estimate of drug-likeness (QED) is 0.325. The van der Waals surface area contributed by atoms with E-state index in [0.29, 0.717) is 18.6 Å². The molecule has 5 rings (SSSR count). The molecule has 0 unspecified atom stereocenters. The first kappa shape index (κ1) is 22.3. The molecule has 0 amide bonds. The Morgan fingerprint density at radius 1 is 1.09 bits per heavy atom. The predicted molar refractivity (Wildman–Crippen MR) is 132 cm³/mol. The van der Waals surface area contributed by atoms with Crippen LogP contribution in [0.2, 0.25) is 0 Å². The second-order valence-corrected chi connectivity index (χ2v) is 9.10. The average molecular weight is 460 g/mol. The molecule has 1 saturated carbocycles. The van der Waals surface area contributed by atoms with Crippen molar-refractivity contribution >= 4 is 11.0 Å². The molecule has 8 heteroatoms. The molecule has 0 bridgehead atoms. The molecule has 0 aromatic heterocycles. The Labute approximate surface area is 197 Å². The minimum atomic E-state index is -0.672. The van der Waals surface area contributed by atoms with E-state index in [0.717, 1.165) is 36.2 Å². The van der Waals surface area contributed by atoms with Crippen molar-refractivity contribution in [3.8, 4) is 17.3 Å². The van der Waals surface area contributed by atoms with Crippen molar-refractivity contribution in [3.05, 3.63) is 73.9 Å². The van der Waals surface area contributed by atoms with E-state index in [1.165, 1.54) is 24.0 Å². The molecule has 2 aromatic rings. The first-order chi connectivity index (χ1) is 16.5. The summed E-state index contributed by atoms with van der Waals surface area (Å²) < 4.78 is 8.22. The van der Waals surface area contributed by atoms with Gasteiger partial charge in [0.2, 0.25) is 0 Å². The summed E-state index contributed by atoms with van der Waals surface area (Å²) >= 11 is 0. The lowest BCUT2D eigenvalue weighted by Crippen LogP contribution is -2.30. The zero-order chi connectivity index (χ0) is 23.7. The van der Waals surface area contributed by atoms with Gasteiger partial charge in [0.1, 0.15) is 5.75 Å². The standard InChI is InChI=1S/C26H29N5O3/c1-16-7-9-18(10-8-16)15-27-11-12-31-21-14-22(34-19-5-3-4-6-19)17(2)13-20(21)28-23-24(31)29-26(33)30-25(23)32/h7-10,13-14,19,27H,3-6,11-12,15H2,1-2H3,(H,30,32,33). The highest BCUT2D eigenvalue weighted by Crippen LogP contribution is 2.31. The van der Waals surface area contributed by atoms with Crippen molar-refractivity contribution in [1.29, 1.82) is 0 Å². The number of hydrogen-bond donors (Lipinski definition) is 2. The third-order valence-electron chi connectivity index (χ3n) is 6.46. The van der Waals surface area contributed by atoms with E-state index < -0.39 is 11.2 Å². The Bertz CT molecular complexity index is 1400. The van der Waals surface area contributed by atoms with Gasteiger partial charge in [-0.05, 0) is 56.7 Å². The van der Waals surface area contributed by atoms with Gasteiger partial charge in [-0.3, -0.25) is 9.78 Å². The summed E-state index contributed by atoms with van der Waals surface area (Å²) in [6.07, 6.45) is 4.73. The molecule has 0 atom stereocenters. The maximum Gasteiger partial charge on any atom is 0.349 e. The highest BCUT2D eigenvalue weighted by Gasteiger charge is 2.21. The number of hydrogen-bond acceptors (Lipinski definition) is 6. The van der Waals surface area contributed by atoms with E-state index in [1.807, 2.05) is 23.6 Å². The molecule has 2 aromatic carbocycles. The molecule has 2 N–H and O–H groups in total. The Kier molecular flexibility index (Phi) is 6.15. The van der Waals surface area contributed by atoms with Crippen LogP contribution in [0.15, 0.2) is 46.0 Å². The Morgan fingerprint density at radius 3 is 2.62 bits per heavy atom. The summed E-state index contributed by atoms with van der Waals surface area (Å²) in [5.74, 6) is 1.10. The zero-order valence-corrected chi connectivity index (χ0v) is 19.6. The van der Waals surface area contributed by atoms with Crippen molar-refractivity contribution in [2.24, 2.45) is 0 Å². The van der Waals surface area contributed by atoms with Crippen LogP contribution >= 0.6 is 0 Å². The summed E-state index contributed by atoms with van der Waals surface area (Å²) in [5, 5.41) is 3.45. The number of nitrogens with zero attached hydrogens (tertiary/aromatic N) is 3. The maximum atomic E-state index is 12.5. The van der Waals surface area contributed by atoms with Gasteiger partial charge in [-0.2, -0.15) is 4.98 Å². The second-order valence-electron chi connectivity index (χ2n) is 9.10. The Balaban J connectivity index is 1.50. The molecule has 8 nitrogen and oxygen atoms in total. The minimum absolute atomic E-state index is 0.162. The molecule has 2 aliphatic heterocycles. The Hall–Kier alpha value is -3.52. The predicted octanol–water partition coefficient (Wildman–Crippen LogP) is 3.31. The van der Waals surface area contributed by atoms with E-state index in [-0.39, 0.29) is 17.6 Å². The molecule has 0 saturated heterocycles. The first-order valence-corrected chi connectivity index (χ1v) is 11.9. The van der Waals surface area contributed by atoms with Gasteiger partial charge in [-0.1, -0.05) is 29.8 Å². The van der Waals surface area contributed by atoms with Crippen LogP contribution in [-0.4, -0.2) is 32.2 Å².